The van der Waals surface area contributed by atoms with Gasteiger partial charge in [-0.3, -0.25) is 0 Å². The molecule has 0 spiro atoms. The van der Waals surface area contributed by atoms with Gasteiger partial charge in [-0.1, -0.05) is 12.1 Å². The molecule has 0 bridgehead atoms. The summed E-state index contributed by atoms with van der Waals surface area (Å²) in [6, 6.07) is 7.22. The number of hydrogen-bond donors (Lipinski definition) is 3. The molecular weight excluding hydrogens is 190 g/mol. The summed E-state index contributed by atoms with van der Waals surface area (Å²) in [6.07, 6.45) is 3.45. The number of aromatic nitrogens is 2. The molecule has 1 aromatic heterocycles. The van der Waals surface area contributed by atoms with E-state index in [1.807, 2.05) is 12.1 Å². The molecule has 0 amide bonds. The summed E-state index contributed by atoms with van der Waals surface area (Å²) in [5.41, 5.74) is 2.12. The first-order chi connectivity index (χ1) is 7.34. The van der Waals surface area contributed by atoms with E-state index in [1.54, 1.807) is 24.7 Å². The Bertz CT molecular complexity index is 412. The number of aromatic hydroxyl groups is 1. The Morgan fingerprint density at radius 3 is 3.00 bits per heavy atom. The normalized spacial score (nSPS) is 10.4. The van der Waals surface area contributed by atoms with Crippen LogP contribution in [-0.2, 0) is 13.1 Å². The zero-order valence-corrected chi connectivity index (χ0v) is 8.27. The van der Waals surface area contributed by atoms with Gasteiger partial charge in [0.25, 0.3) is 0 Å². The molecule has 0 radical (unpaired) electrons. The van der Waals surface area contributed by atoms with Gasteiger partial charge in [-0.25, -0.2) is 4.98 Å². The molecule has 0 aliphatic rings. The second-order valence-electron chi connectivity index (χ2n) is 3.35. The monoisotopic (exact) mass is 203 g/mol. The second-order valence-corrected chi connectivity index (χ2v) is 3.35. The molecule has 4 heteroatoms. The van der Waals surface area contributed by atoms with Gasteiger partial charge in [-0.05, 0) is 17.7 Å². The van der Waals surface area contributed by atoms with Gasteiger partial charge in [0.15, 0.2) is 0 Å². The number of phenolic OH excluding ortho intramolecular Hbond substituents is 1. The molecular formula is C11H13N3O. The Balaban J connectivity index is 1.83. The van der Waals surface area contributed by atoms with Crippen molar-refractivity contribution in [1.29, 1.82) is 0 Å². The molecule has 0 fully saturated rings. The number of benzene rings is 1. The standard InChI is InChI=1S/C11H13N3O/c15-11-3-1-2-9(4-11)5-12-6-10-7-13-8-14-10/h1-4,7-8,12,15H,5-6H2,(H,13,14). The zero-order chi connectivity index (χ0) is 10.5. The van der Waals surface area contributed by atoms with Crippen molar-refractivity contribution in [1.82, 2.24) is 15.3 Å². The van der Waals surface area contributed by atoms with E-state index in [1.165, 1.54) is 0 Å². The molecule has 0 saturated heterocycles. The molecule has 4 nitrogen and oxygen atoms in total. The molecule has 0 atom stereocenters. The first kappa shape index (κ1) is 9.73. The Kier molecular flexibility index (Phi) is 2.99. The summed E-state index contributed by atoms with van der Waals surface area (Å²) in [4.78, 5) is 6.94. The molecule has 0 unspecified atom stereocenters. The lowest BCUT2D eigenvalue weighted by Gasteiger charge is -2.03. The van der Waals surface area contributed by atoms with Crippen molar-refractivity contribution in [2.24, 2.45) is 0 Å². The van der Waals surface area contributed by atoms with Gasteiger partial charge in [0.1, 0.15) is 5.75 Å². The van der Waals surface area contributed by atoms with Crippen molar-refractivity contribution < 1.29 is 5.11 Å². The van der Waals surface area contributed by atoms with Crippen LogP contribution in [0.1, 0.15) is 11.3 Å². The highest BCUT2D eigenvalue weighted by molar-refractivity contribution is 5.26. The summed E-state index contributed by atoms with van der Waals surface area (Å²) in [5.74, 6) is 0.302. The summed E-state index contributed by atoms with van der Waals surface area (Å²) in [6.45, 7) is 1.48. The van der Waals surface area contributed by atoms with Crippen molar-refractivity contribution in [2.45, 2.75) is 13.1 Å². The van der Waals surface area contributed by atoms with Gasteiger partial charge in [0.05, 0.1) is 6.33 Å². The average Bonchev–Trinajstić information content (AvgIpc) is 2.71. The predicted molar refractivity (Wildman–Crippen MR) is 57.2 cm³/mol. The van der Waals surface area contributed by atoms with Crippen LogP contribution in [0.3, 0.4) is 0 Å². The third-order valence-corrected chi connectivity index (χ3v) is 2.11. The minimum atomic E-state index is 0.302. The van der Waals surface area contributed by atoms with Gasteiger partial charge in [0.2, 0.25) is 0 Å². The number of hydrogen-bond acceptors (Lipinski definition) is 3. The van der Waals surface area contributed by atoms with E-state index in [0.29, 0.717) is 5.75 Å². The molecule has 1 aromatic carbocycles. The summed E-state index contributed by atoms with van der Waals surface area (Å²) in [5, 5.41) is 12.5. The van der Waals surface area contributed by atoms with E-state index in [-0.39, 0.29) is 0 Å². The largest absolute Gasteiger partial charge is 0.508 e. The van der Waals surface area contributed by atoms with E-state index in [2.05, 4.69) is 15.3 Å². The topological polar surface area (TPSA) is 60.9 Å². The third-order valence-electron chi connectivity index (χ3n) is 2.11. The van der Waals surface area contributed by atoms with Crippen LogP contribution < -0.4 is 5.32 Å². The minimum Gasteiger partial charge on any atom is -0.508 e. The quantitative estimate of drug-likeness (QED) is 0.704. The fourth-order valence-electron chi connectivity index (χ4n) is 1.39. The van der Waals surface area contributed by atoms with Crippen LogP contribution in [0.25, 0.3) is 0 Å². The molecule has 78 valence electrons. The lowest BCUT2D eigenvalue weighted by atomic mass is 10.2. The Labute approximate surface area is 88.0 Å². The van der Waals surface area contributed by atoms with Gasteiger partial charge < -0.3 is 15.4 Å². The molecule has 0 aliphatic carbocycles. The van der Waals surface area contributed by atoms with Crippen LogP contribution >= 0.6 is 0 Å². The highest BCUT2D eigenvalue weighted by atomic mass is 16.3. The van der Waals surface area contributed by atoms with Gasteiger partial charge in [0, 0.05) is 25.0 Å². The van der Waals surface area contributed by atoms with Gasteiger partial charge >= 0.3 is 0 Å². The lowest BCUT2D eigenvalue weighted by Crippen LogP contribution is -2.12. The number of nitrogens with one attached hydrogen (secondary N) is 2. The molecule has 0 saturated carbocycles. The van der Waals surface area contributed by atoms with Crippen molar-refractivity contribution in [3.63, 3.8) is 0 Å². The zero-order valence-electron chi connectivity index (χ0n) is 8.27. The smallest absolute Gasteiger partial charge is 0.115 e. The number of rotatable bonds is 4. The second kappa shape index (κ2) is 4.61. The van der Waals surface area contributed by atoms with E-state index in [0.717, 1.165) is 24.3 Å². The van der Waals surface area contributed by atoms with E-state index in [9.17, 15) is 5.11 Å². The molecule has 0 aliphatic heterocycles. The number of phenols is 1. The predicted octanol–water partition coefficient (Wildman–Crippen LogP) is 1.41. The first-order valence-electron chi connectivity index (χ1n) is 4.80. The molecule has 1 heterocycles. The molecule has 2 rings (SSSR count). The number of aromatic amines is 1. The van der Waals surface area contributed by atoms with Crippen molar-refractivity contribution in [3.8, 4) is 5.75 Å². The fourth-order valence-corrected chi connectivity index (χ4v) is 1.39. The molecule has 15 heavy (non-hydrogen) atoms. The summed E-state index contributed by atoms with van der Waals surface area (Å²) >= 11 is 0. The van der Waals surface area contributed by atoms with Crippen molar-refractivity contribution in [3.05, 3.63) is 48.0 Å². The van der Waals surface area contributed by atoms with Crippen LogP contribution in [-0.4, -0.2) is 15.1 Å². The number of imidazole rings is 1. The summed E-state index contributed by atoms with van der Waals surface area (Å²) in [7, 11) is 0. The van der Waals surface area contributed by atoms with Crippen LogP contribution in [0.5, 0.6) is 5.75 Å². The van der Waals surface area contributed by atoms with Crippen LogP contribution in [0.4, 0.5) is 0 Å². The summed E-state index contributed by atoms with van der Waals surface area (Å²) < 4.78 is 0. The van der Waals surface area contributed by atoms with Gasteiger partial charge in [-0.15, -0.1) is 0 Å². The Morgan fingerprint density at radius 2 is 2.27 bits per heavy atom. The minimum absolute atomic E-state index is 0.302. The maximum atomic E-state index is 9.25. The number of H-pyrrole nitrogens is 1. The highest BCUT2D eigenvalue weighted by Gasteiger charge is 1.95. The van der Waals surface area contributed by atoms with Gasteiger partial charge in [-0.2, -0.15) is 0 Å². The molecule has 2 aromatic rings. The van der Waals surface area contributed by atoms with E-state index >= 15 is 0 Å². The van der Waals surface area contributed by atoms with Crippen LogP contribution in [0, 0.1) is 0 Å². The molecule has 3 N–H and O–H groups in total. The van der Waals surface area contributed by atoms with Crippen LogP contribution in [0.2, 0.25) is 0 Å². The number of nitrogens with zero attached hydrogens (tertiary/aromatic N) is 1. The SMILES string of the molecule is Oc1cccc(CNCc2cnc[nH]2)c1. The Morgan fingerprint density at radius 1 is 1.33 bits per heavy atom. The third kappa shape index (κ3) is 2.82. The van der Waals surface area contributed by atoms with E-state index < -0.39 is 0 Å². The maximum absolute atomic E-state index is 9.25. The maximum Gasteiger partial charge on any atom is 0.115 e. The van der Waals surface area contributed by atoms with Crippen molar-refractivity contribution in [2.75, 3.05) is 0 Å². The first-order valence-corrected chi connectivity index (χ1v) is 4.80. The van der Waals surface area contributed by atoms with Crippen LogP contribution in [0.15, 0.2) is 36.8 Å². The average molecular weight is 203 g/mol. The highest BCUT2D eigenvalue weighted by Crippen LogP contribution is 2.10. The van der Waals surface area contributed by atoms with E-state index in [4.69, 9.17) is 0 Å². The Hall–Kier alpha value is -1.81. The van der Waals surface area contributed by atoms with Crippen molar-refractivity contribution >= 4 is 0 Å². The lowest BCUT2D eigenvalue weighted by molar-refractivity contribution is 0.474. The fraction of sp³-hybridized carbons (Fsp3) is 0.182.